The van der Waals surface area contributed by atoms with Crippen molar-refractivity contribution in [1.82, 2.24) is 4.98 Å². The van der Waals surface area contributed by atoms with Crippen molar-refractivity contribution < 1.29 is 0 Å². The maximum Gasteiger partial charge on any atom is 0.129 e. The predicted molar refractivity (Wildman–Crippen MR) is 79.4 cm³/mol. The normalized spacial score (nSPS) is 12.5. The number of anilines is 1. The molecule has 0 fully saturated rings. The molecular formula is C13H21ClN2S. The molecule has 0 aliphatic rings. The fourth-order valence-electron chi connectivity index (χ4n) is 1.65. The molecule has 1 heterocycles. The van der Waals surface area contributed by atoms with Gasteiger partial charge in [-0.3, -0.25) is 0 Å². The van der Waals surface area contributed by atoms with Crippen molar-refractivity contribution >= 4 is 29.2 Å². The van der Waals surface area contributed by atoms with E-state index in [4.69, 9.17) is 11.6 Å². The summed E-state index contributed by atoms with van der Waals surface area (Å²) in [5, 5.41) is 0. The van der Waals surface area contributed by atoms with Crippen LogP contribution in [0.25, 0.3) is 0 Å². The molecule has 0 saturated heterocycles. The van der Waals surface area contributed by atoms with Gasteiger partial charge in [0, 0.05) is 30.4 Å². The van der Waals surface area contributed by atoms with E-state index in [1.165, 1.54) is 0 Å². The van der Waals surface area contributed by atoms with Crippen molar-refractivity contribution in [2.75, 3.05) is 24.0 Å². The summed E-state index contributed by atoms with van der Waals surface area (Å²) in [4.78, 5) is 6.89. The molecule has 0 amide bonds. The summed E-state index contributed by atoms with van der Waals surface area (Å²) in [6.07, 6.45) is 3.08. The van der Waals surface area contributed by atoms with E-state index in [9.17, 15) is 0 Å². The zero-order valence-corrected chi connectivity index (χ0v) is 12.6. The third kappa shape index (κ3) is 4.07. The molecule has 0 N–H and O–H groups in total. The number of aromatic nitrogens is 1. The van der Waals surface area contributed by atoms with Crippen LogP contribution in [0.2, 0.25) is 0 Å². The van der Waals surface area contributed by atoms with E-state index < -0.39 is 0 Å². The number of rotatable bonds is 6. The maximum absolute atomic E-state index is 5.92. The first kappa shape index (κ1) is 14.7. The van der Waals surface area contributed by atoms with Gasteiger partial charge in [0.15, 0.2) is 0 Å². The molecular weight excluding hydrogens is 252 g/mol. The quantitative estimate of drug-likeness (QED) is 0.737. The van der Waals surface area contributed by atoms with Gasteiger partial charge in [0.25, 0.3) is 0 Å². The van der Waals surface area contributed by atoms with Gasteiger partial charge in [-0.2, -0.15) is 11.8 Å². The Hall–Kier alpha value is -0.410. The highest BCUT2D eigenvalue weighted by Crippen LogP contribution is 2.19. The summed E-state index contributed by atoms with van der Waals surface area (Å²) in [7, 11) is 2.10. The number of nitrogens with zero attached hydrogens (tertiary/aromatic N) is 2. The van der Waals surface area contributed by atoms with Crippen LogP contribution in [0.1, 0.15) is 25.1 Å². The zero-order chi connectivity index (χ0) is 12.8. The van der Waals surface area contributed by atoms with Crippen molar-refractivity contribution in [1.29, 1.82) is 0 Å². The van der Waals surface area contributed by atoms with E-state index >= 15 is 0 Å². The fraction of sp³-hybridized carbons (Fsp3) is 0.615. The molecule has 4 heteroatoms. The Labute approximate surface area is 114 Å². The number of thioether (sulfide) groups is 1. The molecule has 96 valence electrons. The average molecular weight is 273 g/mol. The van der Waals surface area contributed by atoms with Gasteiger partial charge in [0.1, 0.15) is 5.82 Å². The van der Waals surface area contributed by atoms with Crippen molar-refractivity contribution in [3.8, 4) is 0 Å². The second-order valence-corrected chi connectivity index (χ2v) is 5.41. The van der Waals surface area contributed by atoms with Gasteiger partial charge in [0.2, 0.25) is 0 Å². The van der Waals surface area contributed by atoms with E-state index in [1.807, 2.05) is 11.8 Å². The van der Waals surface area contributed by atoms with Crippen molar-refractivity contribution in [3.05, 3.63) is 23.4 Å². The fourth-order valence-corrected chi connectivity index (χ4v) is 2.51. The predicted octanol–water partition coefficient (Wildman–Crippen LogP) is 3.57. The lowest BCUT2D eigenvalue weighted by atomic mass is 10.2. The minimum atomic E-state index is 0.479. The number of hydrogen-bond acceptors (Lipinski definition) is 3. The number of pyridine rings is 1. The molecule has 0 aromatic carbocycles. The first-order chi connectivity index (χ1) is 8.12. The van der Waals surface area contributed by atoms with E-state index in [-0.39, 0.29) is 0 Å². The third-order valence-corrected chi connectivity index (χ3v) is 4.00. The summed E-state index contributed by atoms with van der Waals surface area (Å²) in [6, 6.07) is 4.65. The summed E-state index contributed by atoms with van der Waals surface area (Å²) in [5.74, 6) is 2.68. The van der Waals surface area contributed by atoms with Crippen molar-refractivity contribution in [2.45, 2.75) is 32.2 Å². The lowest BCUT2D eigenvalue weighted by molar-refractivity contribution is 0.749. The van der Waals surface area contributed by atoms with Gasteiger partial charge in [0.05, 0.1) is 0 Å². The molecule has 0 radical (unpaired) electrons. The number of hydrogen-bond donors (Lipinski definition) is 0. The maximum atomic E-state index is 5.92. The molecule has 0 saturated carbocycles. The first-order valence-corrected chi connectivity index (χ1v) is 7.82. The highest BCUT2D eigenvalue weighted by molar-refractivity contribution is 7.98. The lowest BCUT2D eigenvalue weighted by Gasteiger charge is -2.26. The molecule has 17 heavy (non-hydrogen) atoms. The van der Waals surface area contributed by atoms with E-state index in [0.29, 0.717) is 11.9 Å². The SMILES string of the molecule is CCc1cc(CCl)cc(N(C)C(C)CSC)n1. The zero-order valence-electron chi connectivity index (χ0n) is 11.0. The number of aryl methyl sites for hydroxylation is 1. The van der Waals surface area contributed by atoms with Gasteiger partial charge in [-0.1, -0.05) is 6.92 Å². The molecule has 1 rings (SSSR count). The summed E-state index contributed by atoms with van der Waals surface area (Å²) in [6.45, 7) is 4.34. The van der Waals surface area contributed by atoms with Crippen LogP contribution in [-0.2, 0) is 12.3 Å². The smallest absolute Gasteiger partial charge is 0.129 e. The highest BCUT2D eigenvalue weighted by atomic mass is 35.5. The van der Waals surface area contributed by atoms with Crippen LogP contribution in [-0.4, -0.2) is 30.1 Å². The molecule has 1 aromatic heterocycles. The molecule has 1 aromatic rings. The first-order valence-electron chi connectivity index (χ1n) is 5.89. The molecule has 2 nitrogen and oxygen atoms in total. The van der Waals surface area contributed by atoms with E-state index in [0.717, 1.165) is 29.2 Å². The van der Waals surface area contributed by atoms with Crippen molar-refractivity contribution in [3.63, 3.8) is 0 Å². The molecule has 0 spiro atoms. The van der Waals surface area contributed by atoms with Gasteiger partial charge >= 0.3 is 0 Å². The van der Waals surface area contributed by atoms with Crippen LogP contribution >= 0.6 is 23.4 Å². The summed E-state index contributed by atoms with van der Waals surface area (Å²) in [5.41, 5.74) is 2.26. The van der Waals surface area contributed by atoms with Crippen LogP contribution in [0, 0.1) is 0 Å². The molecule has 1 unspecified atom stereocenters. The van der Waals surface area contributed by atoms with Crippen LogP contribution in [0.5, 0.6) is 0 Å². The van der Waals surface area contributed by atoms with Crippen LogP contribution in [0.3, 0.4) is 0 Å². The van der Waals surface area contributed by atoms with Crippen LogP contribution in [0.4, 0.5) is 5.82 Å². The third-order valence-electron chi connectivity index (χ3n) is 2.87. The Morgan fingerprint density at radius 3 is 2.71 bits per heavy atom. The highest BCUT2D eigenvalue weighted by Gasteiger charge is 2.12. The van der Waals surface area contributed by atoms with Crippen molar-refractivity contribution in [2.24, 2.45) is 0 Å². The summed E-state index contributed by atoms with van der Waals surface area (Å²) >= 11 is 7.78. The Balaban J connectivity index is 2.95. The Morgan fingerprint density at radius 1 is 1.47 bits per heavy atom. The standard InChI is InChI=1S/C13H21ClN2S/c1-5-12-6-11(8-14)7-13(15-12)16(3)10(2)9-17-4/h6-7,10H,5,8-9H2,1-4H3. The number of alkyl halides is 1. The van der Waals surface area contributed by atoms with Gasteiger partial charge in [-0.25, -0.2) is 4.98 Å². The molecule has 0 aliphatic carbocycles. The molecule has 0 aliphatic heterocycles. The van der Waals surface area contributed by atoms with Gasteiger partial charge < -0.3 is 4.90 Å². The largest absolute Gasteiger partial charge is 0.356 e. The topological polar surface area (TPSA) is 16.1 Å². The molecule has 1 atom stereocenters. The molecule has 0 bridgehead atoms. The van der Waals surface area contributed by atoms with Crippen LogP contribution < -0.4 is 4.90 Å². The Morgan fingerprint density at radius 2 is 2.18 bits per heavy atom. The summed E-state index contributed by atoms with van der Waals surface area (Å²) < 4.78 is 0. The Kier molecular flexibility index (Phi) is 6.14. The van der Waals surface area contributed by atoms with Gasteiger partial charge in [-0.05, 0) is 37.3 Å². The second kappa shape index (κ2) is 7.12. The van der Waals surface area contributed by atoms with Crippen LogP contribution in [0.15, 0.2) is 12.1 Å². The van der Waals surface area contributed by atoms with Gasteiger partial charge in [-0.15, -0.1) is 11.6 Å². The number of halogens is 1. The minimum absolute atomic E-state index is 0.479. The lowest BCUT2D eigenvalue weighted by Crippen LogP contribution is -2.31. The van der Waals surface area contributed by atoms with E-state index in [2.05, 4.69) is 49.2 Å². The minimum Gasteiger partial charge on any atom is -0.356 e. The Bertz CT molecular complexity index is 335. The average Bonchev–Trinajstić information content (AvgIpc) is 2.37. The van der Waals surface area contributed by atoms with E-state index in [1.54, 1.807) is 0 Å². The second-order valence-electron chi connectivity index (χ2n) is 4.23. The monoisotopic (exact) mass is 272 g/mol.